The monoisotopic (exact) mass is 783 g/mol. The average molecular weight is 784 g/mol. The molecule has 0 aliphatic carbocycles. The quantitative estimate of drug-likeness (QED) is 0.0654. The minimum Gasteiger partial charge on any atom is -0.508 e. The van der Waals surface area contributed by atoms with Crippen molar-refractivity contribution < 1.29 is 29.1 Å². The van der Waals surface area contributed by atoms with E-state index in [0.717, 1.165) is 16.3 Å². The molecule has 1 aliphatic heterocycles. The van der Waals surface area contributed by atoms with Gasteiger partial charge in [0.1, 0.15) is 23.9 Å². The van der Waals surface area contributed by atoms with Crippen LogP contribution in [0.5, 0.6) is 5.75 Å². The molecule has 304 valence electrons. The topological polar surface area (TPSA) is 295 Å². The molecule has 17 nitrogen and oxygen atoms in total. The van der Waals surface area contributed by atoms with E-state index < -0.39 is 60.1 Å². The second-order valence-corrected chi connectivity index (χ2v) is 13.9. The number of nitrogens with two attached hydrogens (primary N) is 4. The Bertz CT molecular complexity index is 2010. The van der Waals surface area contributed by atoms with Crippen LogP contribution in [-0.4, -0.2) is 90.2 Å². The Balaban J connectivity index is 1.73. The number of rotatable bonds is 12. The molecule has 3 aromatic carbocycles. The van der Waals surface area contributed by atoms with Gasteiger partial charge in [-0.05, 0) is 73.6 Å². The minimum absolute atomic E-state index is 0.0346. The van der Waals surface area contributed by atoms with Gasteiger partial charge in [0, 0.05) is 37.2 Å². The maximum Gasteiger partial charge on any atom is 0.243 e. The van der Waals surface area contributed by atoms with Gasteiger partial charge in [-0.2, -0.15) is 0 Å². The maximum atomic E-state index is 14.1. The molecule has 17 heteroatoms. The zero-order valence-electron chi connectivity index (χ0n) is 32.2. The standard InChI is InChI=1S/C40H53N11O6/c1-23-24(2)48-30(9-5-17-45-39(41)42)37(56)50-31(10-6-18-46-40(43)44)38(57)51-33(21-26-11-14-27-7-3-4-8-28(27)19-26)36(55)47-22-34(53)49-32(35(23)54)20-25-12-15-29(52)16-13-25/h3-4,7-8,11-16,19,30-33,48,52H,5-6,9-10,17-18,20-22H2,1-2H3,(H,47,55)(H,49,53)(H,50,56)(H,51,57)(H4,41,42,45)(H4,43,44,46)/b24-23+/t30-,31?,32?,33-/m0/s1. The smallest absolute Gasteiger partial charge is 0.243 e. The summed E-state index contributed by atoms with van der Waals surface area (Å²) in [7, 11) is 0. The fourth-order valence-electron chi connectivity index (χ4n) is 6.33. The van der Waals surface area contributed by atoms with Crippen LogP contribution < -0.4 is 49.5 Å². The number of guanidine groups is 2. The van der Waals surface area contributed by atoms with E-state index in [1.165, 1.54) is 12.1 Å². The number of carbonyl (C=O) groups is 5. The first kappa shape index (κ1) is 43.1. The first-order valence-electron chi connectivity index (χ1n) is 18.7. The molecular formula is C40H53N11O6. The van der Waals surface area contributed by atoms with Gasteiger partial charge in [-0.3, -0.25) is 34.0 Å². The Morgan fingerprint density at radius 1 is 0.649 bits per heavy atom. The number of fused-ring (bicyclic) bond motifs is 1. The van der Waals surface area contributed by atoms with E-state index >= 15 is 0 Å². The van der Waals surface area contributed by atoms with E-state index in [9.17, 15) is 29.1 Å². The fourth-order valence-corrected chi connectivity index (χ4v) is 6.33. The molecule has 4 amide bonds. The molecule has 4 atom stereocenters. The molecule has 14 N–H and O–H groups in total. The Morgan fingerprint density at radius 3 is 1.81 bits per heavy atom. The summed E-state index contributed by atoms with van der Waals surface area (Å²) in [5.41, 5.74) is 24.0. The van der Waals surface area contributed by atoms with E-state index in [1.807, 2.05) is 42.5 Å². The lowest BCUT2D eigenvalue weighted by Crippen LogP contribution is -2.57. The van der Waals surface area contributed by atoms with Crippen LogP contribution in [0.25, 0.3) is 10.8 Å². The van der Waals surface area contributed by atoms with Crippen molar-refractivity contribution in [1.82, 2.24) is 26.6 Å². The molecule has 0 saturated heterocycles. The first-order valence-corrected chi connectivity index (χ1v) is 18.7. The summed E-state index contributed by atoms with van der Waals surface area (Å²) in [6, 6.07) is 15.2. The zero-order chi connectivity index (χ0) is 41.5. The number of nitrogens with one attached hydrogen (secondary N) is 5. The summed E-state index contributed by atoms with van der Waals surface area (Å²) in [5.74, 6) is -3.16. The molecule has 0 bridgehead atoms. The largest absolute Gasteiger partial charge is 0.508 e. The van der Waals surface area contributed by atoms with Gasteiger partial charge in [0.25, 0.3) is 0 Å². The molecule has 57 heavy (non-hydrogen) atoms. The highest BCUT2D eigenvalue weighted by Crippen LogP contribution is 2.18. The Hall–Kier alpha value is -6.65. The number of phenols is 1. The van der Waals surface area contributed by atoms with Crippen LogP contribution >= 0.6 is 0 Å². The van der Waals surface area contributed by atoms with E-state index in [0.29, 0.717) is 24.1 Å². The molecule has 0 radical (unpaired) electrons. The second kappa shape index (κ2) is 20.9. The predicted octanol–water partition coefficient (Wildman–Crippen LogP) is -0.157. The third kappa shape index (κ3) is 13.6. The van der Waals surface area contributed by atoms with Crippen LogP contribution in [-0.2, 0) is 36.8 Å². The molecule has 3 aromatic rings. The van der Waals surface area contributed by atoms with Gasteiger partial charge >= 0.3 is 0 Å². The summed E-state index contributed by atoms with van der Waals surface area (Å²) < 4.78 is 0. The Kier molecular flexibility index (Phi) is 15.8. The van der Waals surface area contributed by atoms with E-state index in [-0.39, 0.29) is 62.0 Å². The number of allylic oxidation sites excluding steroid dienone is 1. The van der Waals surface area contributed by atoms with Crippen LogP contribution in [0.4, 0.5) is 0 Å². The van der Waals surface area contributed by atoms with Gasteiger partial charge in [0.15, 0.2) is 17.7 Å². The van der Waals surface area contributed by atoms with Crippen LogP contribution in [0.2, 0.25) is 0 Å². The number of phenolic OH excluding ortho intramolecular Hbond substituents is 1. The van der Waals surface area contributed by atoms with Crippen molar-refractivity contribution in [2.24, 2.45) is 32.9 Å². The number of aromatic hydroxyl groups is 1. The molecule has 0 fully saturated rings. The third-order valence-electron chi connectivity index (χ3n) is 9.50. The van der Waals surface area contributed by atoms with Gasteiger partial charge in [-0.25, -0.2) is 0 Å². The zero-order valence-corrected chi connectivity index (χ0v) is 32.2. The molecule has 4 rings (SSSR count). The lowest BCUT2D eigenvalue weighted by atomic mass is 9.96. The van der Waals surface area contributed by atoms with E-state index in [4.69, 9.17) is 22.9 Å². The van der Waals surface area contributed by atoms with Crippen molar-refractivity contribution in [2.45, 2.75) is 76.5 Å². The SMILES string of the molecule is C/C1=C(/C)C(=O)C(Cc2ccc(O)cc2)NC(=O)CNC(=O)[C@H](Cc2ccc3ccccc3c2)NC(=O)C(CCCN=C(N)N)NC(=O)[C@H](CCCN=C(N)N)N1. The highest BCUT2D eigenvalue weighted by molar-refractivity contribution is 6.02. The van der Waals surface area contributed by atoms with Crippen LogP contribution in [0.3, 0.4) is 0 Å². The average Bonchev–Trinajstić information content (AvgIpc) is 3.18. The number of carbonyl (C=O) groups excluding carboxylic acids is 5. The number of ketones is 1. The number of nitrogens with zero attached hydrogens (tertiary/aromatic N) is 2. The number of amides is 4. The summed E-state index contributed by atoms with van der Waals surface area (Å²) in [6.07, 6.45) is 1.08. The third-order valence-corrected chi connectivity index (χ3v) is 9.50. The molecular weight excluding hydrogens is 731 g/mol. The van der Waals surface area contributed by atoms with E-state index in [2.05, 4.69) is 36.6 Å². The minimum atomic E-state index is -1.17. The molecule has 2 unspecified atom stereocenters. The number of hydrogen-bond donors (Lipinski definition) is 10. The van der Waals surface area contributed by atoms with Crippen LogP contribution in [0.1, 0.15) is 50.7 Å². The maximum absolute atomic E-state index is 14.1. The molecule has 0 saturated carbocycles. The van der Waals surface area contributed by atoms with Gasteiger partial charge < -0.3 is 54.6 Å². The molecule has 1 aliphatic rings. The molecule has 0 aromatic heterocycles. The van der Waals surface area contributed by atoms with Crippen molar-refractivity contribution in [1.29, 1.82) is 0 Å². The van der Waals surface area contributed by atoms with E-state index in [1.54, 1.807) is 26.0 Å². The fraction of sp³-hybridized carbons (Fsp3) is 0.375. The Labute approximate surface area is 331 Å². The van der Waals surface area contributed by atoms with Crippen molar-refractivity contribution in [3.63, 3.8) is 0 Å². The van der Waals surface area contributed by atoms with Crippen LogP contribution in [0.15, 0.2) is 88.0 Å². The highest BCUT2D eigenvalue weighted by Gasteiger charge is 2.31. The summed E-state index contributed by atoms with van der Waals surface area (Å²) in [4.78, 5) is 77.5. The van der Waals surface area contributed by atoms with Gasteiger partial charge in [-0.1, -0.05) is 54.6 Å². The number of Topliss-reactive ketones (excluding diaryl/α,β-unsaturated/α-hetero) is 1. The first-order chi connectivity index (χ1) is 27.2. The van der Waals surface area contributed by atoms with Crippen molar-refractivity contribution in [3.05, 3.63) is 89.1 Å². The lowest BCUT2D eigenvalue weighted by molar-refractivity contribution is -0.133. The number of hydrogen-bond acceptors (Lipinski definition) is 9. The highest BCUT2D eigenvalue weighted by atomic mass is 16.3. The number of benzene rings is 3. The van der Waals surface area contributed by atoms with Gasteiger partial charge in [0.2, 0.25) is 23.6 Å². The van der Waals surface area contributed by atoms with Crippen LogP contribution in [0, 0.1) is 0 Å². The number of aliphatic imine (C=N–C) groups is 2. The van der Waals surface area contributed by atoms with Gasteiger partial charge in [-0.15, -0.1) is 0 Å². The second-order valence-electron chi connectivity index (χ2n) is 13.9. The molecule has 1 heterocycles. The normalized spacial score (nSPS) is 21.3. The summed E-state index contributed by atoms with van der Waals surface area (Å²) in [5, 5.41) is 25.9. The van der Waals surface area contributed by atoms with Crippen molar-refractivity contribution >= 4 is 52.1 Å². The predicted molar refractivity (Wildman–Crippen MR) is 218 cm³/mol. The van der Waals surface area contributed by atoms with Gasteiger partial charge in [0.05, 0.1) is 12.6 Å². The van der Waals surface area contributed by atoms with Crippen molar-refractivity contribution in [2.75, 3.05) is 19.6 Å². The Morgan fingerprint density at radius 2 is 1.19 bits per heavy atom. The summed E-state index contributed by atoms with van der Waals surface area (Å²) in [6.45, 7) is 3.09. The summed E-state index contributed by atoms with van der Waals surface area (Å²) >= 11 is 0. The lowest BCUT2D eigenvalue weighted by Gasteiger charge is -2.26. The molecule has 0 spiro atoms. The van der Waals surface area contributed by atoms with Crippen molar-refractivity contribution in [3.8, 4) is 5.75 Å².